The third-order valence-electron chi connectivity index (χ3n) is 5.08. The van der Waals surface area contributed by atoms with Crippen LogP contribution < -0.4 is 15.4 Å². The zero-order valence-electron chi connectivity index (χ0n) is 13.6. The van der Waals surface area contributed by atoms with E-state index in [1.807, 2.05) is 24.3 Å². The quantitative estimate of drug-likeness (QED) is 0.641. The molecule has 4 nitrogen and oxygen atoms in total. The van der Waals surface area contributed by atoms with Gasteiger partial charge in [-0.3, -0.25) is 4.90 Å². The van der Waals surface area contributed by atoms with E-state index in [0.717, 1.165) is 30.4 Å². The van der Waals surface area contributed by atoms with E-state index in [0.29, 0.717) is 17.1 Å². The summed E-state index contributed by atoms with van der Waals surface area (Å²) >= 11 is 5.41. The highest BCUT2D eigenvalue weighted by Crippen LogP contribution is 2.36. The number of methoxy groups -OCH3 is 1. The van der Waals surface area contributed by atoms with Crippen molar-refractivity contribution in [2.75, 3.05) is 32.1 Å². The minimum absolute atomic E-state index is 0.584. The SMILES string of the molecule is C=C[C@H]1CN2CC[C@H]1C[C@@H]2CNC(=S)Nc1ccc(OC)cc1. The lowest BCUT2D eigenvalue weighted by Crippen LogP contribution is -2.56. The highest BCUT2D eigenvalue weighted by Gasteiger charge is 2.38. The number of nitrogens with zero attached hydrogens (tertiary/aromatic N) is 1. The highest BCUT2D eigenvalue weighted by atomic mass is 32.1. The minimum Gasteiger partial charge on any atom is -0.497 e. The lowest BCUT2D eigenvalue weighted by atomic mass is 9.76. The Labute approximate surface area is 143 Å². The molecule has 2 N–H and O–H groups in total. The standard InChI is InChI=1S/C18H25N3OS/c1-3-13-12-21-9-8-14(13)10-16(21)11-19-18(23)20-15-4-6-17(22-2)7-5-15/h3-7,13-14,16H,1,8-12H2,2H3,(H2,19,20,23)/t13-,14-,16+/m0/s1. The summed E-state index contributed by atoms with van der Waals surface area (Å²) in [5, 5.41) is 7.27. The first kappa shape index (κ1) is 16.3. The van der Waals surface area contributed by atoms with Crippen molar-refractivity contribution in [3.8, 4) is 5.75 Å². The Morgan fingerprint density at radius 1 is 1.43 bits per heavy atom. The molecule has 0 amide bonds. The number of hydrogen-bond donors (Lipinski definition) is 2. The summed E-state index contributed by atoms with van der Waals surface area (Å²) in [6.07, 6.45) is 4.69. The van der Waals surface area contributed by atoms with E-state index in [2.05, 4.69) is 28.2 Å². The van der Waals surface area contributed by atoms with Gasteiger partial charge in [0, 0.05) is 24.8 Å². The number of nitrogens with one attached hydrogen (secondary N) is 2. The van der Waals surface area contributed by atoms with Crippen molar-refractivity contribution in [2.24, 2.45) is 11.8 Å². The van der Waals surface area contributed by atoms with Gasteiger partial charge in [-0.05, 0) is 67.7 Å². The maximum Gasteiger partial charge on any atom is 0.170 e. The summed E-state index contributed by atoms with van der Waals surface area (Å²) < 4.78 is 5.16. The fraction of sp³-hybridized carbons (Fsp3) is 0.500. The first-order chi connectivity index (χ1) is 11.2. The molecule has 0 aromatic heterocycles. The van der Waals surface area contributed by atoms with Crippen molar-refractivity contribution in [1.82, 2.24) is 10.2 Å². The zero-order chi connectivity index (χ0) is 16.2. The fourth-order valence-corrected chi connectivity index (χ4v) is 3.92. The van der Waals surface area contributed by atoms with Crippen LogP contribution in [0.1, 0.15) is 12.8 Å². The molecule has 3 fully saturated rings. The molecule has 3 aliphatic rings. The van der Waals surface area contributed by atoms with Gasteiger partial charge < -0.3 is 15.4 Å². The molecule has 3 saturated heterocycles. The van der Waals surface area contributed by atoms with Crippen LogP contribution in [0.15, 0.2) is 36.9 Å². The number of anilines is 1. The number of piperidine rings is 3. The molecule has 0 aliphatic carbocycles. The van der Waals surface area contributed by atoms with E-state index >= 15 is 0 Å². The average molecular weight is 331 g/mol. The van der Waals surface area contributed by atoms with E-state index in [-0.39, 0.29) is 0 Å². The monoisotopic (exact) mass is 331 g/mol. The van der Waals surface area contributed by atoms with Gasteiger partial charge in [-0.1, -0.05) is 6.08 Å². The number of fused-ring (bicyclic) bond motifs is 3. The average Bonchev–Trinajstić information content (AvgIpc) is 2.61. The van der Waals surface area contributed by atoms with Gasteiger partial charge in [0.05, 0.1) is 7.11 Å². The topological polar surface area (TPSA) is 36.5 Å². The van der Waals surface area contributed by atoms with Crippen molar-refractivity contribution in [3.05, 3.63) is 36.9 Å². The Hall–Kier alpha value is -1.59. The molecule has 1 unspecified atom stereocenters. The first-order valence-electron chi connectivity index (χ1n) is 8.25. The van der Waals surface area contributed by atoms with E-state index in [1.54, 1.807) is 7.11 Å². The maximum atomic E-state index is 5.41. The number of rotatable bonds is 5. The smallest absolute Gasteiger partial charge is 0.170 e. The molecule has 5 heteroatoms. The van der Waals surface area contributed by atoms with Crippen molar-refractivity contribution in [1.29, 1.82) is 0 Å². The van der Waals surface area contributed by atoms with Crippen LogP contribution in [0.25, 0.3) is 0 Å². The van der Waals surface area contributed by atoms with Crippen LogP contribution in [0.4, 0.5) is 5.69 Å². The fourth-order valence-electron chi connectivity index (χ4n) is 3.72. The predicted molar refractivity (Wildman–Crippen MR) is 99.0 cm³/mol. The summed E-state index contributed by atoms with van der Waals surface area (Å²) in [7, 11) is 1.67. The summed E-state index contributed by atoms with van der Waals surface area (Å²) in [6.45, 7) is 7.24. The van der Waals surface area contributed by atoms with Gasteiger partial charge in [-0.2, -0.15) is 0 Å². The number of benzene rings is 1. The number of hydrogen-bond acceptors (Lipinski definition) is 3. The predicted octanol–water partition coefficient (Wildman–Crippen LogP) is 2.88. The second-order valence-electron chi connectivity index (χ2n) is 6.40. The van der Waals surface area contributed by atoms with Crippen LogP contribution in [0.3, 0.4) is 0 Å². The summed E-state index contributed by atoms with van der Waals surface area (Å²) in [5.41, 5.74) is 0.973. The summed E-state index contributed by atoms with van der Waals surface area (Å²) in [4.78, 5) is 2.58. The van der Waals surface area contributed by atoms with Crippen LogP contribution in [0.2, 0.25) is 0 Å². The van der Waals surface area contributed by atoms with Gasteiger partial charge in [0.25, 0.3) is 0 Å². The normalized spacial score (nSPS) is 28.9. The van der Waals surface area contributed by atoms with Gasteiger partial charge >= 0.3 is 0 Å². The molecule has 4 rings (SSSR count). The molecule has 124 valence electrons. The Bertz CT molecular complexity index is 560. The van der Waals surface area contributed by atoms with Crippen LogP contribution >= 0.6 is 12.2 Å². The molecule has 1 aromatic carbocycles. The molecule has 4 atom stereocenters. The molecule has 1 aromatic rings. The van der Waals surface area contributed by atoms with Gasteiger partial charge in [0.2, 0.25) is 0 Å². The first-order valence-corrected chi connectivity index (χ1v) is 8.66. The minimum atomic E-state index is 0.584. The summed E-state index contributed by atoms with van der Waals surface area (Å²) in [5.74, 6) is 2.31. The van der Waals surface area contributed by atoms with Gasteiger partial charge in [0.1, 0.15) is 5.75 Å². The van der Waals surface area contributed by atoms with E-state index < -0.39 is 0 Å². The van der Waals surface area contributed by atoms with Crippen LogP contribution in [0.5, 0.6) is 5.75 Å². The third-order valence-corrected chi connectivity index (χ3v) is 5.32. The molecule has 0 saturated carbocycles. The lowest BCUT2D eigenvalue weighted by Gasteiger charge is -2.49. The van der Waals surface area contributed by atoms with E-state index in [9.17, 15) is 0 Å². The Morgan fingerprint density at radius 2 is 2.22 bits per heavy atom. The molecular weight excluding hydrogens is 306 g/mol. The zero-order valence-corrected chi connectivity index (χ0v) is 14.4. The highest BCUT2D eigenvalue weighted by molar-refractivity contribution is 7.80. The number of thiocarbonyl (C=S) groups is 1. The van der Waals surface area contributed by atoms with Crippen LogP contribution in [-0.4, -0.2) is 42.8 Å². The number of ether oxygens (including phenoxy) is 1. The van der Waals surface area contributed by atoms with Gasteiger partial charge in [-0.15, -0.1) is 6.58 Å². The van der Waals surface area contributed by atoms with Crippen molar-refractivity contribution in [3.63, 3.8) is 0 Å². The van der Waals surface area contributed by atoms with Crippen molar-refractivity contribution < 1.29 is 4.74 Å². The Kier molecular flexibility index (Phi) is 5.18. The molecule has 23 heavy (non-hydrogen) atoms. The Balaban J connectivity index is 1.47. The molecule has 2 bridgehead atoms. The van der Waals surface area contributed by atoms with Crippen molar-refractivity contribution in [2.45, 2.75) is 18.9 Å². The summed E-state index contributed by atoms with van der Waals surface area (Å²) in [6, 6.07) is 8.36. The lowest BCUT2D eigenvalue weighted by molar-refractivity contribution is 0.0215. The second-order valence-corrected chi connectivity index (χ2v) is 6.80. The van der Waals surface area contributed by atoms with E-state index in [1.165, 1.54) is 19.4 Å². The van der Waals surface area contributed by atoms with Crippen LogP contribution in [0, 0.1) is 11.8 Å². The molecule has 0 spiro atoms. The van der Waals surface area contributed by atoms with Gasteiger partial charge in [0.15, 0.2) is 5.11 Å². The van der Waals surface area contributed by atoms with Gasteiger partial charge in [-0.25, -0.2) is 0 Å². The maximum absolute atomic E-state index is 5.41. The Morgan fingerprint density at radius 3 is 2.83 bits per heavy atom. The third kappa shape index (κ3) is 3.85. The van der Waals surface area contributed by atoms with Crippen molar-refractivity contribution >= 4 is 23.0 Å². The molecule has 3 aliphatic heterocycles. The largest absolute Gasteiger partial charge is 0.497 e. The van der Waals surface area contributed by atoms with Crippen LogP contribution in [-0.2, 0) is 0 Å². The van der Waals surface area contributed by atoms with E-state index in [4.69, 9.17) is 17.0 Å². The molecule has 3 heterocycles. The molecule has 0 radical (unpaired) electrons. The molecular formula is C18H25N3OS. The second kappa shape index (κ2) is 7.32.